The largest absolute Gasteiger partial charge is 0.289 e. The number of anilines is 1. The average molecular weight is 323 g/mol. The average Bonchev–Trinajstić information content (AvgIpc) is 2.61. The Labute approximate surface area is 144 Å². The first-order valence-corrected chi connectivity index (χ1v) is 8.63. The summed E-state index contributed by atoms with van der Waals surface area (Å²) in [6, 6.07) is 14.9. The Hall–Kier alpha value is -2.36. The second kappa shape index (κ2) is 7.04. The number of pyridine rings is 1. The molecule has 1 fully saturated rings. The Morgan fingerprint density at radius 1 is 0.958 bits per heavy atom. The third-order valence-electron chi connectivity index (χ3n) is 4.44. The zero-order valence-corrected chi connectivity index (χ0v) is 14.9. The third kappa shape index (κ3) is 4.13. The van der Waals surface area contributed by atoms with Crippen molar-refractivity contribution in [3.63, 3.8) is 0 Å². The fraction of sp³-hybridized carbons (Fsp3) is 0.400. The van der Waals surface area contributed by atoms with Gasteiger partial charge in [-0.15, -0.1) is 0 Å². The molecule has 1 aliphatic heterocycles. The summed E-state index contributed by atoms with van der Waals surface area (Å²) in [5.41, 5.74) is 2.70. The van der Waals surface area contributed by atoms with E-state index in [2.05, 4.69) is 77.2 Å². The molecule has 0 amide bonds. The number of rotatable bonds is 3. The molecule has 1 aromatic heterocycles. The summed E-state index contributed by atoms with van der Waals surface area (Å²) in [6.07, 6.45) is 3.94. The lowest BCUT2D eigenvalue weighted by Gasteiger charge is -2.28. The van der Waals surface area contributed by atoms with Gasteiger partial charge in [0.2, 0.25) is 0 Å². The summed E-state index contributed by atoms with van der Waals surface area (Å²) >= 11 is 0. The van der Waals surface area contributed by atoms with Crippen LogP contribution in [0, 0.1) is 0 Å². The molecule has 4 nitrogen and oxygen atoms in total. The smallest absolute Gasteiger partial charge is 0.274 e. The van der Waals surface area contributed by atoms with Gasteiger partial charge in [-0.2, -0.15) is 5.10 Å². The second-order valence-corrected chi connectivity index (χ2v) is 7.31. The van der Waals surface area contributed by atoms with Gasteiger partial charge in [-0.3, -0.25) is 9.91 Å². The Kier molecular flexibility index (Phi) is 4.84. The van der Waals surface area contributed by atoms with Crippen LogP contribution in [0.25, 0.3) is 0 Å². The Morgan fingerprint density at radius 2 is 1.67 bits per heavy atom. The van der Waals surface area contributed by atoms with Crippen LogP contribution < -0.4 is 9.88 Å². The van der Waals surface area contributed by atoms with Gasteiger partial charge in [-0.25, -0.2) is 4.98 Å². The Morgan fingerprint density at radius 3 is 2.25 bits per heavy atom. The van der Waals surface area contributed by atoms with Crippen LogP contribution in [0.5, 0.6) is 0 Å². The van der Waals surface area contributed by atoms with E-state index in [0.717, 1.165) is 31.7 Å². The summed E-state index contributed by atoms with van der Waals surface area (Å²) in [5.74, 6) is 1.18. The predicted octanol–water partition coefficient (Wildman–Crippen LogP) is 2.95. The van der Waals surface area contributed by atoms with Gasteiger partial charge in [-0.05, 0) is 22.6 Å². The van der Waals surface area contributed by atoms with Gasteiger partial charge in [0, 0.05) is 6.07 Å². The highest BCUT2D eigenvalue weighted by atomic mass is 15.5. The maximum Gasteiger partial charge on any atom is 0.274 e. The van der Waals surface area contributed by atoms with E-state index in [9.17, 15) is 0 Å². The topological polar surface area (TPSA) is 33.0 Å². The van der Waals surface area contributed by atoms with Crippen LogP contribution in [0.4, 0.5) is 5.82 Å². The molecule has 3 rings (SSSR count). The number of H-pyrrole nitrogens is 1. The fourth-order valence-corrected chi connectivity index (χ4v) is 2.85. The molecular weight excluding hydrogens is 296 g/mol. The number of nitrogens with zero attached hydrogens (tertiary/aromatic N) is 3. The molecule has 0 radical (unpaired) electrons. The molecule has 0 atom stereocenters. The maximum absolute atomic E-state index is 4.64. The van der Waals surface area contributed by atoms with E-state index in [1.165, 1.54) is 11.4 Å². The van der Waals surface area contributed by atoms with Gasteiger partial charge >= 0.3 is 0 Å². The summed E-state index contributed by atoms with van der Waals surface area (Å²) in [4.78, 5) is 5.66. The lowest BCUT2D eigenvalue weighted by Crippen LogP contribution is -2.45. The number of benzene rings is 1. The zero-order valence-electron chi connectivity index (χ0n) is 14.9. The number of hydrogen-bond donors (Lipinski definition) is 0. The van der Waals surface area contributed by atoms with E-state index < -0.39 is 0 Å². The van der Waals surface area contributed by atoms with Crippen LogP contribution in [0.3, 0.4) is 0 Å². The van der Waals surface area contributed by atoms with Crippen molar-refractivity contribution in [3.8, 4) is 0 Å². The van der Waals surface area contributed by atoms with E-state index in [4.69, 9.17) is 0 Å². The van der Waals surface area contributed by atoms with E-state index in [0.29, 0.717) is 0 Å². The summed E-state index contributed by atoms with van der Waals surface area (Å²) in [6.45, 7) is 10.6. The minimum Gasteiger partial charge on any atom is -0.289 e. The van der Waals surface area contributed by atoms with Crippen molar-refractivity contribution >= 4 is 12.0 Å². The van der Waals surface area contributed by atoms with Crippen molar-refractivity contribution in [3.05, 3.63) is 59.8 Å². The highest BCUT2D eigenvalue weighted by Crippen LogP contribution is 2.21. The Bertz CT molecular complexity index is 663. The molecule has 2 aromatic rings. The van der Waals surface area contributed by atoms with E-state index in [1.54, 1.807) is 0 Å². The molecule has 1 N–H and O–H groups in total. The predicted molar refractivity (Wildman–Crippen MR) is 99.5 cm³/mol. The van der Waals surface area contributed by atoms with Gasteiger partial charge < -0.3 is 0 Å². The highest BCUT2D eigenvalue weighted by Gasteiger charge is 2.21. The zero-order chi connectivity index (χ0) is 17.0. The molecular formula is C20H27N4+. The minimum absolute atomic E-state index is 0.195. The van der Waals surface area contributed by atoms with Crippen LogP contribution in [-0.2, 0) is 5.41 Å². The number of aromatic nitrogens is 1. The monoisotopic (exact) mass is 323 g/mol. The number of piperazine rings is 1. The minimum atomic E-state index is 0.195. The number of nitrogens with one attached hydrogen (secondary N) is 1. The van der Waals surface area contributed by atoms with Crippen molar-refractivity contribution in [2.75, 3.05) is 31.1 Å². The molecule has 2 heterocycles. The molecule has 0 bridgehead atoms. The molecule has 24 heavy (non-hydrogen) atoms. The quantitative estimate of drug-likeness (QED) is 0.814. The SMILES string of the molecule is CC(C)(C)c1ccc(C=NN2CCN(c3cccc[nH+]3)CC2)cc1. The van der Waals surface area contributed by atoms with Crippen molar-refractivity contribution in [1.82, 2.24) is 5.01 Å². The second-order valence-electron chi connectivity index (χ2n) is 7.31. The molecule has 0 spiro atoms. The molecule has 0 aliphatic carbocycles. The van der Waals surface area contributed by atoms with Crippen LogP contribution in [0.1, 0.15) is 31.9 Å². The lowest BCUT2D eigenvalue weighted by atomic mass is 9.87. The van der Waals surface area contributed by atoms with Crippen molar-refractivity contribution in [2.45, 2.75) is 26.2 Å². The van der Waals surface area contributed by atoms with E-state index in [-0.39, 0.29) is 5.41 Å². The molecule has 126 valence electrons. The van der Waals surface area contributed by atoms with Gasteiger partial charge in [0.15, 0.2) is 0 Å². The van der Waals surface area contributed by atoms with Crippen LogP contribution in [0.15, 0.2) is 53.8 Å². The van der Waals surface area contributed by atoms with Crippen molar-refractivity contribution < 1.29 is 4.98 Å². The maximum atomic E-state index is 4.64. The third-order valence-corrected chi connectivity index (χ3v) is 4.44. The number of hydrazone groups is 1. The first-order chi connectivity index (χ1) is 11.5. The molecule has 1 saturated heterocycles. The van der Waals surface area contributed by atoms with Gasteiger partial charge in [0.1, 0.15) is 13.1 Å². The van der Waals surface area contributed by atoms with Crippen molar-refractivity contribution in [1.29, 1.82) is 0 Å². The summed E-state index contributed by atoms with van der Waals surface area (Å²) in [7, 11) is 0. The van der Waals surface area contributed by atoms with E-state index in [1.807, 2.05) is 18.5 Å². The fourth-order valence-electron chi connectivity index (χ4n) is 2.85. The Balaban J connectivity index is 1.55. The summed E-state index contributed by atoms with van der Waals surface area (Å²) in [5, 5.41) is 6.79. The van der Waals surface area contributed by atoms with Crippen LogP contribution >= 0.6 is 0 Å². The van der Waals surface area contributed by atoms with Gasteiger partial charge in [0.25, 0.3) is 5.82 Å². The molecule has 4 heteroatoms. The lowest BCUT2D eigenvalue weighted by molar-refractivity contribution is -0.364. The first-order valence-electron chi connectivity index (χ1n) is 8.63. The standard InChI is InChI=1S/C20H26N4/c1-20(2,3)18-9-7-17(8-10-18)16-22-24-14-12-23(13-15-24)19-6-4-5-11-21-19/h4-11,16H,12-15H2,1-3H3/p+1. The first kappa shape index (κ1) is 16.5. The molecule has 0 unspecified atom stereocenters. The van der Waals surface area contributed by atoms with Crippen LogP contribution in [0.2, 0.25) is 0 Å². The molecule has 0 saturated carbocycles. The normalized spacial score (nSPS) is 16.0. The van der Waals surface area contributed by atoms with E-state index >= 15 is 0 Å². The molecule has 1 aliphatic rings. The number of hydrogen-bond acceptors (Lipinski definition) is 3. The number of aromatic amines is 1. The van der Waals surface area contributed by atoms with Crippen molar-refractivity contribution in [2.24, 2.45) is 5.10 Å². The molecule has 1 aromatic carbocycles. The summed E-state index contributed by atoms with van der Waals surface area (Å²) < 4.78 is 0. The van der Waals surface area contributed by atoms with Gasteiger partial charge in [-0.1, -0.05) is 51.1 Å². The highest BCUT2D eigenvalue weighted by molar-refractivity contribution is 5.79. The van der Waals surface area contributed by atoms with Gasteiger partial charge in [0.05, 0.1) is 25.5 Å². The van der Waals surface area contributed by atoms with Crippen LogP contribution in [-0.4, -0.2) is 37.4 Å².